The number of hydrogen-bond acceptors (Lipinski definition) is 3. The number of nitrogens with zero attached hydrogens (tertiary/aromatic N) is 1. The molecule has 1 amide bonds. The second-order valence-electron chi connectivity index (χ2n) is 6.75. The number of nitrogens with one attached hydrogen (secondary N) is 1. The summed E-state index contributed by atoms with van der Waals surface area (Å²) in [5.41, 5.74) is 2.53. The highest BCUT2D eigenvalue weighted by atomic mass is 32.2. The van der Waals surface area contributed by atoms with Crippen LogP contribution in [-0.4, -0.2) is 37.5 Å². The molecule has 1 aliphatic carbocycles. The third-order valence-corrected chi connectivity index (χ3v) is 7.05. The van der Waals surface area contributed by atoms with E-state index in [9.17, 15) is 13.2 Å². The largest absolute Gasteiger partial charge is 0.349 e. The molecule has 6 heteroatoms. The van der Waals surface area contributed by atoms with Crippen molar-refractivity contribution in [1.29, 1.82) is 0 Å². The second kappa shape index (κ2) is 7.23. The molecule has 0 radical (unpaired) electrons. The first-order valence-electron chi connectivity index (χ1n) is 8.87. The van der Waals surface area contributed by atoms with Crippen molar-refractivity contribution in [2.24, 2.45) is 5.92 Å². The van der Waals surface area contributed by atoms with Crippen LogP contribution in [0.1, 0.15) is 49.8 Å². The first kappa shape index (κ1) is 17.4. The molecule has 1 saturated heterocycles. The number of aryl methyl sites for hydroxylation is 1. The lowest BCUT2D eigenvalue weighted by molar-refractivity contribution is -0.127. The molecule has 0 saturated carbocycles. The number of carbonyl (C=O) groups is 1. The summed E-state index contributed by atoms with van der Waals surface area (Å²) in [6.07, 6.45) is 4.60. The van der Waals surface area contributed by atoms with E-state index in [4.69, 9.17) is 0 Å². The Labute approximate surface area is 144 Å². The average molecular weight is 350 g/mol. The lowest BCUT2D eigenvalue weighted by Gasteiger charge is -2.33. The molecule has 5 nitrogen and oxygen atoms in total. The Hall–Kier alpha value is -1.40. The number of fused-ring (bicyclic) bond motifs is 1. The van der Waals surface area contributed by atoms with Crippen LogP contribution in [0.3, 0.4) is 0 Å². The Morgan fingerprint density at radius 1 is 1.25 bits per heavy atom. The number of amides is 1. The highest BCUT2D eigenvalue weighted by Crippen LogP contribution is 2.30. The number of sulfonamides is 1. The molecule has 1 fully saturated rings. The van der Waals surface area contributed by atoms with Gasteiger partial charge in [0.15, 0.2) is 0 Å². The normalized spacial score (nSPS) is 25.0. The minimum Gasteiger partial charge on any atom is -0.349 e. The van der Waals surface area contributed by atoms with Crippen LogP contribution in [0, 0.1) is 5.92 Å². The van der Waals surface area contributed by atoms with Crippen LogP contribution in [0.4, 0.5) is 0 Å². The van der Waals surface area contributed by atoms with Crippen LogP contribution in [0.25, 0.3) is 0 Å². The van der Waals surface area contributed by atoms with E-state index >= 15 is 0 Å². The van der Waals surface area contributed by atoms with Gasteiger partial charge < -0.3 is 5.32 Å². The number of piperidine rings is 1. The Morgan fingerprint density at radius 3 is 2.83 bits per heavy atom. The standard InChI is InChI=1S/C18H26N2O3S/c1-2-24(22,23)20-12-6-9-15(13-20)18(21)19-17-11-5-8-14-7-3-4-10-16(14)17/h3-4,7,10,15,17H,2,5-6,8-9,11-13H2,1H3,(H,19,21). The monoisotopic (exact) mass is 350 g/mol. The topological polar surface area (TPSA) is 66.5 Å². The van der Waals surface area contributed by atoms with Gasteiger partial charge in [-0.1, -0.05) is 24.3 Å². The minimum atomic E-state index is -3.22. The third kappa shape index (κ3) is 3.64. The van der Waals surface area contributed by atoms with Gasteiger partial charge in [0.25, 0.3) is 0 Å². The molecular formula is C18H26N2O3S. The zero-order valence-electron chi connectivity index (χ0n) is 14.2. The smallest absolute Gasteiger partial charge is 0.224 e. The van der Waals surface area contributed by atoms with Crippen molar-refractivity contribution in [2.45, 2.75) is 45.1 Å². The molecule has 1 heterocycles. The van der Waals surface area contributed by atoms with E-state index in [1.165, 1.54) is 15.4 Å². The number of benzene rings is 1. The average Bonchev–Trinajstić information content (AvgIpc) is 2.62. The van der Waals surface area contributed by atoms with Gasteiger partial charge in [-0.15, -0.1) is 0 Å². The number of hydrogen-bond donors (Lipinski definition) is 1. The second-order valence-corrected chi connectivity index (χ2v) is 9.01. The maximum absolute atomic E-state index is 12.7. The van der Waals surface area contributed by atoms with Crippen LogP contribution >= 0.6 is 0 Å². The number of carbonyl (C=O) groups excluding carboxylic acids is 1. The van der Waals surface area contributed by atoms with Crippen molar-refractivity contribution >= 4 is 15.9 Å². The van der Waals surface area contributed by atoms with E-state index in [1.807, 2.05) is 12.1 Å². The van der Waals surface area contributed by atoms with Gasteiger partial charge in [0.2, 0.25) is 15.9 Å². The van der Waals surface area contributed by atoms with E-state index < -0.39 is 10.0 Å². The fourth-order valence-electron chi connectivity index (χ4n) is 3.79. The molecule has 2 aliphatic rings. The molecule has 1 aromatic carbocycles. The Balaban J connectivity index is 1.67. The number of rotatable bonds is 4. The van der Waals surface area contributed by atoms with Crippen molar-refractivity contribution in [1.82, 2.24) is 9.62 Å². The van der Waals surface area contributed by atoms with Gasteiger partial charge in [0.05, 0.1) is 17.7 Å². The van der Waals surface area contributed by atoms with Gasteiger partial charge in [-0.05, 0) is 50.2 Å². The highest BCUT2D eigenvalue weighted by molar-refractivity contribution is 7.89. The SMILES string of the molecule is CCS(=O)(=O)N1CCCC(C(=O)NC2CCCc3ccccc32)C1. The molecule has 1 N–H and O–H groups in total. The van der Waals surface area contributed by atoms with Crippen LogP contribution in [0.15, 0.2) is 24.3 Å². The molecule has 132 valence electrons. The maximum Gasteiger partial charge on any atom is 0.224 e. The van der Waals surface area contributed by atoms with Crippen molar-refractivity contribution in [3.05, 3.63) is 35.4 Å². The van der Waals surface area contributed by atoms with Crippen LogP contribution in [0.5, 0.6) is 0 Å². The summed E-state index contributed by atoms with van der Waals surface area (Å²) in [6, 6.07) is 8.33. The molecule has 1 aromatic rings. The summed E-state index contributed by atoms with van der Waals surface area (Å²) >= 11 is 0. The lowest BCUT2D eigenvalue weighted by Crippen LogP contribution is -2.46. The highest BCUT2D eigenvalue weighted by Gasteiger charge is 2.32. The summed E-state index contributed by atoms with van der Waals surface area (Å²) in [4.78, 5) is 12.7. The van der Waals surface area contributed by atoms with Crippen LogP contribution < -0.4 is 5.32 Å². The van der Waals surface area contributed by atoms with Gasteiger partial charge >= 0.3 is 0 Å². The first-order chi connectivity index (χ1) is 11.5. The summed E-state index contributed by atoms with van der Waals surface area (Å²) in [6.45, 7) is 2.50. The lowest BCUT2D eigenvalue weighted by atomic mass is 9.87. The first-order valence-corrected chi connectivity index (χ1v) is 10.5. The quantitative estimate of drug-likeness (QED) is 0.906. The molecule has 0 aromatic heterocycles. The fourth-order valence-corrected chi connectivity index (χ4v) is 4.96. The minimum absolute atomic E-state index is 0.00675. The van der Waals surface area contributed by atoms with Gasteiger partial charge in [0, 0.05) is 13.1 Å². The molecular weight excluding hydrogens is 324 g/mol. The molecule has 0 spiro atoms. The summed E-state index contributed by atoms with van der Waals surface area (Å²) in [7, 11) is -3.22. The van der Waals surface area contributed by atoms with Gasteiger partial charge in [-0.2, -0.15) is 0 Å². The Morgan fingerprint density at radius 2 is 2.04 bits per heavy atom. The van der Waals surface area contributed by atoms with Crippen molar-refractivity contribution < 1.29 is 13.2 Å². The van der Waals surface area contributed by atoms with Gasteiger partial charge in [-0.25, -0.2) is 12.7 Å². The summed E-state index contributed by atoms with van der Waals surface area (Å²) in [5.74, 6) is -0.154. The van der Waals surface area contributed by atoms with E-state index in [-0.39, 0.29) is 23.6 Å². The zero-order valence-corrected chi connectivity index (χ0v) is 15.0. The van der Waals surface area contributed by atoms with Crippen LogP contribution in [-0.2, 0) is 21.2 Å². The Kier molecular flexibility index (Phi) is 5.25. The summed E-state index contributed by atoms with van der Waals surface area (Å²) in [5, 5.41) is 3.17. The Bertz CT molecular complexity index is 702. The molecule has 3 rings (SSSR count). The molecule has 2 atom stereocenters. The van der Waals surface area contributed by atoms with Gasteiger partial charge in [-0.3, -0.25) is 4.79 Å². The van der Waals surface area contributed by atoms with Crippen molar-refractivity contribution in [3.8, 4) is 0 Å². The summed E-state index contributed by atoms with van der Waals surface area (Å²) < 4.78 is 25.6. The molecule has 1 aliphatic heterocycles. The molecule has 2 unspecified atom stereocenters. The van der Waals surface area contributed by atoms with E-state index in [2.05, 4.69) is 17.4 Å². The van der Waals surface area contributed by atoms with Crippen molar-refractivity contribution in [2.75, 3.05) is 18.8 Å². The maximum atomic E-state index is 12.7. The molecule has 24 heavy (non-hydrogen) atoms. The molecule has 0 bridgehead atoms. The van der Waals surface area contributed by atoms with E-state index in [0.717, 1.165) is 32.1 Å². The zero-order chi connectivity index (χ0) is 17.2. The van der Waals surface area contributed by atoms with Crippen molar-refractivity contribution in [3.63, 3.8) is 0 Å². The van der Waals surface area contributed by atoms with Crippen LogP contribution in [0.2, 0.25) is 0 Å². The predicted octanol–water partition coefficient (Wildman–Crippen LogP) is 2.24. The van der Waals surface area contributed by atoms with E-state index in [0.29, 0.717) is 13.1 Å². The van der Waals surface area contributed by atoms with Gasteiger partial charge in [0.1, 0.15) is 0 Å². The predicted molar refractivity (Wildman–Crippen MR) is 94.0 cm³/mol. The van der Waals surface area contributed by atoms with E-state index in [1.54, 1.807) is 6.92 Å². The fraction of sp³-hybridized carbons (Fsp3) is 0.611. The third-order valence-electron chi connectivity index (χ3n) is 5.20.